The first-order valence-electron chi connectivity index (χ1n) is 7.02. The van der Waals surface area contributed by atoms with Crippen molar-refractivity contribution < 1.29 is 0 Å². The van der Waals surface area contributed by atoms with Gasteiger partial charge < -0.3 is 0 Å². The lowest BCUT2D eigenvalue weighted by atomic mass is 10.1. The van der Waals surface area contributed by atoms with Gasteiger partial charge in [-0.25, -0.2) is 9.67 Å². The zero-order valence-corrected chi connectivity index (χ0v) is 12.8. The minimum atomic E-state index is 0.713. The third-order valence-corrected chi connectivity index (χ3v) is 3.69. The van der Waals surface area contributed by atoms with Gasteiger partial charge in [0.25, 0.3) is 0 Å². The molecule has 2 aromatic heterocycles. The van der Waals surface area contributed by atoms with Crippen molar-refractivity contribution in [3.8, 4) is 11.4 Å². The van der Waals surface area contributed by atoms with E-state index >= 15 is 0 Å². The Balaban J connectivity index is 2.08. The molecule has 0 radical (unpaired) electrons. The van der Waals surface area contributed by atoms with Crippen LogP contribution in [0.3, 0.4) is 0 Å². The molecule has 0 amide bonds. The summed E-state index contributed by atoms with van der Waals surface area (Å²) in [7, 11) is 1.95. The predicted molar refractivity (Wildman–Crippen MR) is 82.0 cm³/mol. The molecule has 0 N–H and O–H groups in total. The minimum Gasteiger partial charge on any atom is -0.272 e. The second-order valence-electron chi connectivity index (χ2n) is 5.30. The van der Waals surface area contributed by atoms with Gasteiger partial charge in [0.2, 0.25) is 0 Å². The van der Waals surface area contributed by atoms with E-state index in [4.69, 9.17) is 0 Å². The Hall–Kier alpha value is -2.43. The maximum atomic E-state index is 4.61. The molecule has 1 aromatic carbocycles. The van der Waals surface area contributed by atoms with Crippen LogP contribution in [-0.4, -0.2) is 24.5 Å². The van der Waals surface area contributed by atoms with E-state index in [0.29, 0.717) is 6.54 Å². The monoisotopic (exact) mass is 281 g/mol. The first-order valence-corrected chi connectivity index (χ1v) is 7.02. The van der Waals surface area contributed by atoms with Crippen molar-refractivity contribution in [2.24, 2.45) is 7.05 Å². The van der Waals surface area contributed by atoms with E-state index in [0.717, 1.165) is 28.6 Å². The third kappa shape index (κ3) is 2.46. The zero-order valence-electron chi connectivity index (χ0n) is 12.8. The lowest BCUT2D eigenvalue weighted by Gasteiger charge is -2.06. The van der Waals surface area contributed by atoms with Crippen molar-refractivity contribution >= 4 is 0 Å². The first kappa shape index (κ1) is 13.5. The average Bonchev–Trinajstić information content (AvgIpc) is 2.91. The second-order valence-corrected chi connectivity index (χ2v) is 5.30. The number of rotatable bonds is 3. The van der Waals surface area contributed by atoms with Crippen LogP contribution >= 0.6 is 0 Å². The van der Waals surface area contributed by atoms with Crippen LogP contribution in [0.2, 0.25) is 0 Å². The van der Waals surface area contributed by atoms with Crippen molar-refractivity contribution in [3.63, 3.8) is 0 Å². The molecule has 3 rings (SSSR count). The van der Waals surface area contributed by atoms with Gasteiger partial charge in [-0.2, -0.15) is 10.2 Å². The maximum absolute atomic E-state index is 4.61. The molecule has 0 saturated carbocycles. The van der Waals surface area contributed by atoms with Gasteiger partial charge in [0, 0.05) is 12.7 Å². The molecule has 0 spiro atoms. The van der Waals surface area contributed by atoms with Crippen molar-refractivity contribution in [2.75, 3.05) is 0 Å². The fraction of sp³-hybridized carbons (Fsp3) is 0.312. The van der Waals surface area contributed by atoms with Crippen LogP contribution in [0.5, 0.6) is 0 Å². The Morgan fingerprint density at radius 1 is 1.00 bits per heavy atom. The summed E-state index contributed by atoms with van der Waals surface area (Å²) in [4.78, 5) is 4.61. The summed E-state index contributed by atoms with van der Waals surface area (Å²) in [6, 6.07) is 10.3. The number of hydrogen-bond donors (Lipinski definition) is 0. The summed E-state index contributed by atoms with van der Waals surface area (Å²) >= 11 is 0. The highest BCUT2D eigenvalue weighted by Crippen LogP contribution is 2.25. The van der Waals surface area contributed by atoms with Crippen molar-refractivity contribution in [3.05, 3.63) is 53.1 Å². The molecule has 0 aliphatic rings. The number of aromatic nitrogens is 5. The molecule has 0 fully saturated rings. The summed E-state index contributed by atoms with van der Waals surface area (Å²) in [5.41, 5.74) is 4.38. The third-order valence-electron chi connectivity index (χ3n) is 3.69. The van der Waals surface area contributed by atoms with Gasteiger partial charge in [-0.15, -0.1) is 0 Å². The highest BCUT2D eigenvalue weighted by Gasteiger charge is 2.18. The number of aryl methyl sites for hydroxylation is 3. The fourth-order valence-electron chi connectivity index (χ4n) is 2.60. The van der Waals surface area contributed by atoms with Gasteiger partial charge in [-0.05, 0) is 26.3 Å². The first-order chi connectivity index (χ1) is 10.1. The van der Waals surface area contributed by atoms with Gasteiger partial charge in [-0.3, -0.25) is 4.68 Å². The molecular weight excluding hydrogens is 262 g/mol. The van der Waals surface area contributed by atoms with Crippen LogP contribution < -0.4 is 0 Å². The van der Waals surface area contributed by atoms with E-state index in [1.807, 2.05) is 48.5 Å². The van der Waals surface area contributed by atoms with Gasteiger partial charge in [0.1, 0.15) is 5.82 Å². The van der Waals surface area contributed by atoms with E-state index in [-0.39, 0.29) is 0 Å². The van der Waals surface area contributed by atoms with Crippen molar-refractivity contribution in [1.82, 2.24) is 24.5 Å². The number of hydrogen-bond acceptors (Lipinski definition) is 3. The SMILES string of the molecule is Cc1nc(-c2c(C)nn(C)c2C)n(Cc2ccccc2)n1. The summed E-state index contributed by atoms with van der Waals surface area (Å²) in [6.45, 7) is 6.71. The Kier molecular flexibility index (Phi) is 3.33. The molecular formula is C16H19N5. The summed E-state index contributed by atoms with van der Waals surface area (Å²) in [5.74, 6) is 1.67. The molecule has 5 heteroatoms. The summed E-state index contributed by atoms with van der Waals surface area (Å²) in [5, 5.41) is 9.02. The Labute approximate surface area is 124 Å². The van der Waals surface area contributed by atoms with Crippen LogP contribution in [0, 0.1) is 20.8 Å². The van der Waals surface area contributed by atoms with E-state index in [1.54, 1.807) is 0 Å². The maximum Gasteiger partial charge on any atom is 0.162 e. The Morgan fingerprint density at radius 3 is 2.33 bits per heavy atom. The highest BCUT2D eigenvalue weighted by molar-refractivity contribution is 5.61. The zero-order chi connectivity index (χ0) is 15.0. The number of benzene rings is 1. The van der Waals surface area contributed by atoms with Gasteiger partial charge in [0.15, 0.2) is 5.82 Å². The van der Waals surface area contributed by atoms with E-state index in [9.17, 15) is 0 Å². The van der Waals surface area contributed by atoms with Crippen molar-refractivity contribution in [2.45, 2.75) is 27.3 Å². The topological polar surface area (TPSA) is 48.5 Å². The van der Waals surface area contributed by atoms with Gasteiger partial charge in [0.05, 0.1) is 17.8 Å². The smallest absolute Gasteiger partial charge is 0.162 e. The Bertz CT molecular complexity index is 768. The number of nitrogens with zero attached hydrogens (tertiary/aromatic N) is 5. The second kappa shape index (κ2) is 5.16. The van der Waals surface area contributed by atoms with E-state index < -0.39 is 0 Å². The molecule has 3 aromatic rings. The molecule has 0 bridgehead atoms. The van der Waals surface area contributed by atoms with Crippen LogP contribution in [0.25, 0.3) is 11.4 Å². The molecule has 0 unspecified atom stereocenters. The van der Waals surface area contributed by atoms with Crippen LogP contribution in [0.4, 0.5) is 0 Å². The molecule has 0 saturated heterocycles. The largest absolute Gasteiger partial charge is 0.272 e. The molecule has 0 atom stereocenters. The molecule has 5 nitrogen and oxygen atoms in total. The van der Waals surface area contributed by atoms with Crippen LogP contribution in [0.15, 0.2) is 30.3 Å². The van der Waals surface area contributed by atoms with Gasteiger partial charge >= 0.3 is 0 Å². The van der Waals surface area contributed by atoms with Gasteiger partial charge in [-0.1, -0.05) is 30.3 Å². The lowest BCUT2D eigenvalue weighted by Crippen LogP contribution is -2.05. The fourth-order valence-corrected chi connectivity index (χ4v) is 2.60. The van der Waals surface area contributed by atoms with E-state index in [1.165, 1.54) is 5.56 Å². The molecule has 108 valence electrons. The van der Waals surface area contributed by atoms with Crippen LogP contribution in [0.1, 0.15) is 22.8 Å². The Morgan fingerprint density at radius 2 is 1.71 bits per heavy atom. The normalized spacial score (nSPS) is 11.0. The predicted octanol–water partition coefficient (Wildman–Crippen LogP) is 2.65. The van der Waals surface area contributed by atoms with Crippen LogP contribution in [-0.2, 0) is 13.6 Å². The summed E-state index contributed by atoms with van der Waals surface area (Å²) in [6.07, 6.45) is 0. The van der Waals surface area contributed by atoms with E-state index in [2.05, 4.69) is 34.2 Å². The lowest BCUT2D eigenvalue weighted by molar-refractivity contribution is 0.685. The standard InChI is InChI=1S/C16H19N5/c1-11-15(12(2)20(4)18-11)16-17-13(3)19-21(16)10-14-8-6-5-7-9-14/h5-9H,10H2,1-4H3. The minimum absolute atomic E-state index is 0.713. The highest BCUT2D eigenvalue weighted by atomic mass is 15.4. The molecule has 21 heavy (non-hydrogen) atoms. The summed E-state index contributed by atoms with van der Waals surface area (Å²) < 4.78 is 3.85. The quantitative estimate of drug-likeness (QED) is 0.741. The molecule has 0 aliphatic carbocycles. The molecule has 0 aliphatic heterocycles. The molecule has 2 heterocycles. The van der Waals surface area contributed by atoms with Crippen molar-refractivity contribution in [1.29, 1.82) is 0 Å². The average molecular weight is 281 g/mol.